The maximum absolute atomic E-state index is 11.5. The van der Waals surface area contributed by atoms with Crippen LogP contribution in [0.1, 0.15) is 81.8 Å². The highest BCUT2D eigenvalue weighted by Gasteiger charge is 2.17. The zero-order valence-corrected chi connectivity index (χ0v) is 19.7. The zero-order valence-electron chi connectivity index (χ0n) is 19.7. The van der Waals surface area contributed by atoms with Crippen molar-refractivity contribution in [3.05, 3.63) is 29.3 Å². The molecule has 0 aliphatic carbocycles. The first-order valence-corrected chi connectivity index (χ1v) is 10.9. The number of hydrogen-bond donors (Lipinski definition) is 3. The van der Waals surface area contributed by atoms with Crippen LogP contribution in [0.15, 0.2) is 18.2 Å². The number of amides is 1. The smallest absolute Gasteiger partial charge is 0.303 e. The second kappa shape index (κ2) is 16.0. The molecule has 0 spiro atoms. The van der Waals surface area contributed by atoms with Gasteiger partial charge in [-0.05, 0) is 45.1 Å². The summed E-state index contributed by atoms with van der Waals surface area (Å²) in [5.41, 5.74) is 0.932. The lowest BCUT2D eigenvalue weighted by atomic mass is 9.93. The third-order valence-corrected chi connectivity index (χ3v) is 4.92. The van der Waals surface area contributed by atoms with E-state index in [1.807, 2.05) is 13.8 Å². The third-order valence-electron chi connectivity index (χ3n) is 4.92. The Morgan fingerprint density at radius 3 is 2.25 bits per heavy atom. The van der Waals surface area contributed by atoms with Crippen LogP contribution in [0.2, 0.25) is 0 Å². The third kappa shape index (κ3) is 11.6. The van der Waals surface area contributed by atoms with Crippen molar-refractivity contribution in [1.29, 1.82) is 0 Å². The Hall–Kier alpha value is -2.74. The molecule has 0 aliphatic heterocycles. The Morgan fingerprint density at radius 2 is 1.78 bits per heavy atom. The van der Waals surface area contributed by atoms with Gasteiger partial charge in [0, 0.05) is 36.9 Å². The molecule has 1 aromatic carbocycles. The van der Waals surface area contributed by atoms with E-state index in [4.69, 9.17) is 9.84 Å². The van der Waals surface area contributed by atoms with E-state index in [9.17, 15) is 24.3 Å². The molecule has 0 heterocycles. The first-order chi connectivity index (χ1) is 15.0. The summed E-state index contributed by atoms with van der Waals surface area (Å²) < 4.78 is 5.57. The molecule has 180 valence electrons. The second-order valence-corrected chi connectivity index (χ2v) is 7.90. The van der Waals surface area contributed by atoms with Gasteiger partial charge in [-0.15, -0.1) is 0 Å². The Bertz CT molecular complexity index is 744. The number of nitrogens with one attached hydrogen (secondary N) is 1. The quantitative estimate of drug-likeness (QED) is 0.237. The fourth-order valence-electron chi connectivity index (χ4n) is 2.95. The van der Waals surface area contributed by atoms with Gasteiger partial charge in [-0.25, -0.2) is 0 Å². The Labute approximate surface area is 190 Å². The van der Waals surface area contributed by atoms with Gasteiger partial charge in [0.1, 0.15) is 12.0 Å². The fourth-order valence-corrected chi connectivity index (χ4v) is 2.95. The number of unbranched alkanes of at least 4 members (excludes halogenated alkanes) is 1. The van der Waals surface area contributed by atoms with E-state index in [1.165, 1.54) is 6.92 Å². The summed E-state index contributed by atoms with van der Waals surface area (Å²) in [6.07, 6.45) is 2.48. The number of benzene rings is 1. The SMILES string of the molecule is CC(=O)c1cccc(OCCCCC(=O)O)c1C(C)O.CNC(=O)CCC(C=O)C(C)C. The highest BCUT2D eigenvalue weighted by atomic mass is 16.5. The van der Waals surface area contributed by atoms with E-state index >= 15 is 0 Å². The first kappa shape index (κ1) is 29.3. The molecule has 0 bridgehead atoms. The van der Waals surface area contributed by atoms with Crippen LogP contribution in [0.4, 0.5) is 0 Å². The predicted octanol–water partition coefficient (Wildman–Crippen LogP) is 3.56. The minimum atomic E-state index is -0.826. The molecule has 32 heavy (non-hydrogen) atoms. The molecule has 1 amide bonds. The van der Waals surface area contributed by atoms with Crippen LogP contribution in [-0.2, 0) is 14.4 Å². The van der Waals surface area contributed by atoms with Crippen LogP contribution >= 0.6 is 0 Å². The summed E-state index contributed by atoms with van der Waals surface area (Å²) in [7, 11) is 1.60. The average molecular weight is 452 g/mol. The Morgan fingerprint density at radius 1 is 1.12 bits per heavy atom. The number of carbonyl (C=O) groups is 4. The highest BCUT2D eigenvalue weighted by molar-refractivity contribution is 5.96. The van der Waals surface area contributed by atoms with Crippen LogP contribution in [0.25, 0.3) is 0 Å². The number of carbonyl (C=O) groups excluding carboxylic acids is 3. The summed E-state index contributed by atoms with van der Waals surface area (Å²) in [5.74, 6) is -0.134. The molecular weight excluding hydrogens is 414 g/mol. The number of ketones is 1. The first-order valence-electron chi connectivity index (χ1n) is 10.9. The lowest BCUT2D eigenvalue weighted by Gasteiger charge is -2.16. The van der Waals surface area contributed by atoms with E-state index < -0.39 is 12.1 Å². The molecule has 1 aromatic rings. The summed E-state index contributed by atoms with van der Waals surface area (Å²) in [4.78, 5) is 43.3. The number of rotatable bonds is 13. The van der Waals surface area contributed by atoms with E-state index in [1.54, 1.807) is 32.2 Å². The number of carboxylic acids is 1. The van der Waals surface area contributed by atoms with E-state index in [0.717, 1.165) is 6.29 Å². The van der Waals surface area contributed by atoms with E-state index in [-0.39, 0.29) is 24.0 Å². The lowest BCUT2D eigenvalue weighted by molar-refractivity contribution is -0.137. The van der Waals surface area contributed by atoms with Gasteiger partial charge in [0.05, 0.1) is 12.7 Å². The molecule has 0 aliphatic rings. The molecule has 0 aromatic heterocycles. The normalized spacial score (nSPS) is 12.2. The summed E-state index contributed by atoms with van der Waals surface area (Å²) >= 11 is 0. The lowest BCUT2D eigenvalue weighted by Crippen LogP contribution is -2.20. The molecule has 2 unspecified atom stereocenters. The van der Waals surface area contributed by atoms with Crippen molar-refractivity contribution in [2.24, 2.45) is 11.8 Å². The van der Waals surface area contributed by atoms with Crippen molar-refractivity contribution in [3.8, 4) is 5.75 Å². The average Bonchev–Trinajstić information content (AvgIpc) is 2.73. The summed E-state index contributed by atoms with van der Waals surface area (Å²) in [5, 5.41) is 20.9. The van der Waals surface area contributed by atoms with Crippen LogP contribution in [0, 0.1) is 11.8 Å². The molecule has 8 heteroatoms. The van der Waals surface area contributed by atoms with Gasteiger partial charge in [0.15, 0.2) is 5.78 Å². The van der Waals surface area contributed by atoms with Gasteiger partial charge in [0.25, 0.3) is 0 Å². The van der Waals surface area contributed by atoms with E-state index in [2.05, 4.69) is 5.32 Å². The van der Waals surface area contributed by atoms with Gasteiger partial charge in [-0.3, -0.25) is 14.4 Å². The molecule has 0 radical (unpaired) electrons. The van der Waals surface area contributed by atoms with Gasteiger partial charge in [-0.1, -0.05) is 26.0 Å². The zero-order chi connectivity index (χ0) is 24.7. The van der Waals surface area contributed by atoms with Gasteiger partial charge < -0.3 is 25.1 Å². The number of hydrogen-bond acceptors (Lipinski definition) is 6. The molecule has 0 saturated carbocycles. The minimum Gasteiger partial charge on any atom is -0.493 e. The van der Waals surface area contributed by atoms with Crippen LogP contribution in [-0.4, -0.2) is 47.8 Å². The Balaban J connectivity index is 0.000000687. The number of aliphatic carboxylic acids is 1. The molecule has 3 N–H and O–H groups in total. The number of Topliss-reactive ketones (excluding diaryl/α,β-unsaturated/α-hetero) is 1. The van der Waals surface area contributed by atoms with Crippen LogP contribution in [0.3, 0.4) is 0 Å². The van der Waals surface area contributed by atoms with Crippen LogP contribution < -0.4 is 10.1 Å². The number of carboxylic acid groups (broad SMARTS) is 1. The summed E-state index contributed by atoms with van der Waals surface area (Å²) in [6, 6.07) is 5.06. The number of ether oxygens (including phenoxy) is 1. The molecule has 0 saturated heterocycles. The van der Waals surface area contributed by atoms with E-state index in [0.29, 0.717) is 55.1 Å². The standard InChI is InChI=1S/C15H20O5.C9H17NO2/c1-10(16)12-6-5-7-13(15(12)11(2)17)20-9-4-3-8-14(18)19;1-7(2)8(6-11)4-5-9(12)10-3/h5-7,11,17H,3-4,8-9H2,1-2H3,(H,18,19);6-8H,4-5H2,1-3H3,(H,10,12). The molecule has 0 fully saturated rings. The number of aliphatic hydroxyl groups excluding tert-OH is 1. The second-order valence-electron chi connectivity index (χ2n) is 7.90. The topological polar surface area (TPSA) is 130 Å². The minimum absolute atomic E-state index is 0.00231. The van der Waals surface area contributed by atoms with Gasteiger partial charge in [-0.2, -0.15) is 0 Å². The summed E-state index contributed by atoms with van der Waals surface area (Å²) in [6.45, 7) is 7.36. The fraction of sp³-hybridized carbons (Fsp3) is 0.583. The van der Waals surface area contributed by atoms with Gasteiger partial charge in [0.2, 0.25) is 5.91 Å². The van der Waals surface area contributed by atoms with Crippen molar-refractivity contribution in [2.75, 3.05) is 13.7 Å². The van der Waals surface area contributed by atoms with Crippen molar-refractivity contribution < 1.29 is 34.1 Å². The van der Waals surface area contributed by atoms with Crippen molar-refractivity contribution in [3.63, 3.8) is 0 Å². The largest absolute Gasteiger partial charge is 0.493 e. The van der Waals surface area contributed by atoms with Crippen molar-refractivity contribution >= 4 is 23.9 Å². The molecule has 8 nitrogen and oxygen atoms in total. The Kier molecular flexibility index (Phi) is 14.6. The van der Waals surface area contributed by atoms with Crippen molar-refractivity contribution in [1.82, 2.24) is 5.32 Å². The maximum Gasteiger partial charge on any atom is 0.303 e. The van der Waals surface area contributed by atoms with Crippen molar-refractivity contribution in [2.45, 2.75) is 65.9 Å². The maximum atomic E-state index is 11.5. The molecular formula is C24H37NO7. The predicted molar refractivity (Wildman–Crippen MR) is 122 cm³/mol. The molecule has 2 atom stereocenters. The molecule has 1 rings (SSSR count). The van der Waals surface area contributed by atoms with Gasteiger partial charge >= 0.3 is 5.97 Å². The van der Waals surface area contributed by atoms with Crippen LogP contribution in [0.5, 0.6) is 5.75 Å². The number of aldehydes is 1. The highest BCUT2D eigenvalue weighted by Crippen LogP contribution is 2.29. The number of aliphatic hydroxyl groups is 1. The monoisotopic (exact) mass is 451 g/mol.